The molecule has 20 heavy (non-hydrogen) atoms. The molecular formula is C15H27N3O2. The zero-order chi connectivity index (χ0) is 15.5. The van der Waals surface area contributed by atoms with Crippen LogP contribution in [-0.4, -0.2) is 33.4 Å². The maximum absolute atomic E-state index is 12.2. The molecule has 1 unspecified atom stereocenters. The molecule has 0 aliphatic heterocycles. The molecule has 0 aliphatic rings. The molecule has 0 aromatic carbocycles. The van der Waals surface area contributed by atoms with Crippen molar-refractivity contribution < 1.29 is 9.90 Å². The molecule has 1 heterocycles. The highest BCUT2D eigenvalue weighted by molar-refractivity contribution is 5.92. The van der Waals surface area contributed by atoms with Crippen LogP contribution in [0.5, 0.6) is 0 Å². The van der Waals surface area contributed by atoms with Gasteiger partial charge in [0, 0.05) is 18.5 Å². The molecule has 0 saturated heterocycles. The number of carbonyl (C=O) groups excluding carboxylic acids is 1. The van der Waals surface area contributed by atoms with Crippen LogP contribution >= 0.6 is 0 Å². The summed E-state index contributed by atoms with van der Waals surface area (Å²) < 4.78 is 1.69. The van der Waals surface area contributed by atoms with Crippen LogP contribution in [0.25, 0.3) is 0 Å². The van der Waals surface area contributed by atoms with Gasteiger partial charge in [-0.15, -0.1) is 0 Å². The number of aliphatic hydroxyl groups is 1. The van der Waals surface area contributed by atoms with Crippen molar-refractivity contribution in [3.63, 3.8) is 0 Å². The van der Waals surface area contributed by atoms with Crippen LogP contribution in [0, 0.1) is 18.3 Å². The molecule has 1 atom stereocenters. The standard InChI is InChI=1S/C15H27N3O2/c1-7-18-12(8-11(4)17-18)14(20)16-9-15(5,6)13(19)10(2)3/h8,10,13,19H,7,9H2,1-6H3,(H,16,20). The summed E-state index contributed by atoms with van der Waals surface area (Å²) >= 11 is 0. The molecule has 1 aromatic heterocycles. The maximum atomic E-state index is 12.2. The Morgan fingerprint density at radius 2 is 2.10 bits per heavy atom. The summed E-state index contributed by atoms with van der Waals surface area (Å²) in [5.41, 5.74) is 1.04. The van der Waals surface area contributed by atoms with E-state index in [0.29, 0.717) is 18.8 Å². The van der Waals surface area contributed by atoms with Gasteiger partial charge in [0.2, 0.25) is 0 Å². The Morgan fingerprint density at radius 3 is 2.60 bits per heavy atom. The third-order valence-electron chi connectivity index (χ3n) is 3.57. The van der Waals surface area contributed by atoms with Crippen LogP contribution < -0.4 is 5.32 Å². The highest BCUT2D eigenvalue weighted by Crippen LogP contribution is 2.25. The van der Waals surface area contributed by atoms with E-state index in [2.05, 4.69) is 10.4 Å². The molecule has 0 fully saturated rings. The summed E-state index contributed by atoms with van der Waals surface area (Å²) in [6.07, 6.45) is -0.458. The number of hydrogen-bond donors (Lipinski definition) is 2. The number of nitrogens with zero attached hydrogens (tertiary/aromatic N) is 2. The zero-order valence-electron chi connectivity index (χ0n) is 13.4. The first-order chi connectivity index (χ1) is 9.19. The minimum atomic E-state index is -0.458. The molecule has 5 nitrogen and oxygen atoms in total. The Kier molecular flexibility index (Phi) is 5.34. The predicted octanol–water partition coefficient (Wildman–Crippen LogP) is 1.98. The van der Waals surface area contributed by atoms with Crippen molar-refractivity contribution in [1.29, 1.82) is 0 Å². The van der Waals surface area contributed by atoms with Gasteiger partial charge in [-0.1, -0.05) is 27.7 Å². The molecule has 0 bridgehead atoms. The van der Waals surface area contributed by atoms with E-state index in [1.807, 2.05) is 41.5 Å². The molecule has 114 valence electrons. The molecule has 0 radical (unpaired) electrons. The molecule has 1 rings (SSSR count). The summed E-state index contributed by atoms with van der Waals surface area (Å²) in [4.78, 5) is 12.2. The third kappa shape index (κ3) is 3.82. The van der Waals surface area contributed by atoms with Gasteiger partial charge in [0.05, 0.1) is 11.8 Å². The zero-order valence-corrected chi connectivity index (χ0v) is 13.4. The molecule has 0 aliphatic carbocycles. The van der Waals surface area contributed by atoms with Gasteiger partial charge in [-0.3, -0.25) is 9.48 Å². The van der Waals surface area contributed by atoms with E-state index in [0.717, 1.165) is 5.69 Å². The largest absolute Gasteiger partial charge is 0.392 e. The van der Waals surface area contributed by atoms with Gasteiger partial charge in [0.1, 0.15) is 5.69 Å². The van der Waals surface area contributed by atoms with E-state index >= 15 is 0 Å². The van der Waals surface area contributed by atoms with Crippen LogP contribution in [0.1, 0.15) is 50.8 Å². The lowest BCUT2D eigenvalue weighted by atomic mass is 9.80. The van der Waals surface area contributed by atoms with Gasteiger partial charge < -0.3 is 10.4 Å². The second-order valence-corrected chi connectivity index (χ2v) is 6.35. The van der Waals surface area contributed by atoms with Crippen molar-refractivity contribution in [1.82, 2.24) is 15.1 Å². The number of amides is 1. The second kappa shape index (κ2) is 6.39. The molecular weight excluding hydrogens is 254 g/mol. The van der Waals surface area contributed by atoms with Crippen LogP contribution in [0.2, 0.25) is 0 Å². The van der Waals surface area contributed by atoms with E-state index in [9.17, 15) is 9.90 Å². The third-order valence-corrected chi connectivity index (χ3v) is 3.57. The first kappa shape index (κ1) is 16.7. The molecule has 0 spiro atoms. The van der Waals surface area contributed by atoms with E-state index in [4.69, 9.17) is 0 Å². The lowest BCUT2D eigenvalue weighted by molar-refractivity contribution is 0.0137. The average molecular weight is 281 g/mol. The quantitative estimate of drug-likeness (QED) is 0.838. The fraction of sp³-hybridized carbons (Fsp3) is 0.733. The van der Waals surface area contributed by atoms with Crippen molar-refractivity contribution in [2.24, 2.45) is 11.3 Å². The Morgan fingerprint density at radius 1 is 1.50 bits per heavy atom. The fourth-order valence-corrected chi connectivity index (χ4v) is 2.37. The van der Waals surface area contributed by atoms with Crippen molar-refractivity contribution in [2.45, 2.75) is 54.2 Å². The number of rotatable bonds is 6. The number of carbonyl (C=O) groups is 1. The lowest BCUT2D eigenvalue weighted by Crippen LogP contribution is -2.43. The number of aryl methyl sites for hydroxylation is 2. The highest BCUT2D eigenvalue weighted by atomic mass is 16.3. The number of hydrogen-bond acceptors (Lipinski definition) is 3. The molecule has 2 N–H and O–H groups in total. The SMILES string of the molecule is CCn1nc(C)cc1C(=O)NCC(C)(C)C(O)C(C)C. The fourth-order valence-electron chi connectivity index (χ4n) is 2.37. The van der Waals surface area contributed by atoms with Crippen LogP contribution in [0.4, 0.5) is 0 Å². The smallest absolute Gasteiger partial charge is 0.269 e. The first-order valence-corrected chi connectivity index (χ1v) is 7.19. The van der Waals surface area contributed by atoms with Gasteiger partial charge >= 0.3 is 0 Å². The van der Waals surface area contributed by atoms with Crippen molar-refractivity contribution in [3.05, 3.63) is 17.5 Å². The van der Waals surface area contributed by atoms with Gasteiger partial charge in [0.15, 0.2) is 0 Å². The van der Waals surface area contributed by atoms with E-state index in [-0.39, 0.29) is 17.2 Å². The number of nitrogens with one attached hydrogen (secondary N) is 1. The topological polar surface area (TPSA) is 67.2 Å². The lowest BCUT2D eigenvalue weighted by Gasteiger charge is -2.33. The van der Waals surface area contributed by atoms with Crippen LogP contribution in [0.3, 0.4) is 0 Å². The van der Waals surface area contributed by atoms with E-state index < -0.39 is 6.10 Å². The Balaban J connectivity index is 2.72. The maximum Gasteiger partial charge on any atom is 0.269 e. The van der Waals surface area contributed by atoms with E-state index in [1.54, 1.807) is 10.7 Å². The number of aliphatic hydroxyl groups excluding tert-OH is 1. The summed E-state index contributed by atoms with van der Waals surface area (Å²) in [5, 5.41) is 17.3. The minimum Gasteiger partial charge on any atom is -0.392 e. The summed E-state index contributed by atoms with van der Waals surface area (Å²) in [5.74, 6) is 0.0156. The summed E-state index contributed by atoms with van der Waals surface area (Å²) in [7, 11) is 0. The van der Waals surface area contributed by atoms with Gasteiger partial charge in [-0.05, 0) is 25.8 Å². The molecule has 5 heteroatoms. The predicted molar refractivity (Wildman–Crippen MR) is 79.6 cm³/mol. The minimum absolute atomic E-state index is 0.142. The molecule has 1 amide bonds. The Hall–Kier alpha value is -1.36. The number of aromatic nitrogens is 2. The summed E-state index contributed by atoms with van der Waals surface area (Å²) in [6, 6.07) is 1.78. The highest BCUT2D eigenvalue weighted by Gasteiger charge is 2.30. The van der Waals surface area contributed by atoms with Gasteiger partial charge in [-0.25, -0.2) is 0 Å². The normalized spacial score (nSPS) is 13.6. The van der Waals surface area contributed by atoms with Crippen molar-refractivity contribution >= 4 is 5.91 Å². The van der Waals surface area contributed by atoms with Gasteiger partial charge in [-0.2, -0.15) is 5.10 Å². The molecule has 0 saturated carbocycles. The van der Waals surface area contributed by atoms with Gasteiger partial charge in [0.25, 0.3) is 5.91 Å². The average Bonchev–Trinajstić information content (AvgIpc) is 2.76. The monoisotopic (exact) mass is 281 g/mol. The van der Waals surface area contributed by atoms with Crippen molar-refractivity contribution in [3.8, 4) is 0 Å². The molecule has 1 aromatic rings. The second-order valence-electron chi connectivity index (χ2n) is 6.35. The first-order valence-electron chi connectivity index (χ1n) is 7.19. The van der Waals surface area contributed by atoms with E-state index in [1.165, 1.54) is 0 Å². The Labute approximate surface area is 121 Å². The van der Waals surface area contributed by atoms with Crippen LogP contribution in [0.15, 0.2) is 6.07 Å². The Bertz CT molecular complexity index is 464. The summed E-state index contributed by atoms with van der Waals surface area (Å²) in [6.45, 7) is 12.8. The van der Waals surface area contributed by atoms with Crippen LogP contribution in [-0.2, 0) is 6.54 Å². The van der Waals surface area contributed by atoms with Crippen molar-refractivity contribution in [2.75, 3.05) is 6.54 Å².